The molecule has 3 aromatic carbocycles. The monoisotopic (exact) mass is 475 g/mol. The van der Waals surface area contributed by atoms with Crippen molar-refractivity contribution in [2.75, 3.05) is 13.2 Å². The molecule has 34 heavy (non-hydrogen) atoms. The zero-order chi connectivity index (χ0) is 23.9. The molecule has 0 unspecified atom stereocenters. The second-order valence-electron chi connectivity index (χ2n) is 8.60. The number of nitrogens with one attached hydrogen (secondary N) is 1. The van der Waals surface area contributed by atoms with E-state index in [1.807, 2.05) is 30.3 Å². The van der Waals surface area contributed by atoms with E-state index in [1.165, 1.54) is 11.1 Å². The summed E-state index contributed by atoms with van der Waals surface area (Å²) in [6.45, 7) is 6.14. The molecule has 0 bridgehead atoms. The van der Waals surface area contributed by atoms with Crippen molar-refractivity contribution in [2.24, 2.45) is 0 Å². The first-order valence-corrected chi connectivity index (χ1v) is 12.0. The van der Waals surface area contributed by atoms with E-state index in [9.17, 15) is 4.79 Å². The van der Waals surface area contributed by atoms with Crippen molar-refractivity contribution in [2.45, 2.75) is 39.7 Å². The number of amides is 1. The first kappa shape index (κ1) is 23.8. The Bertz CT molecular complexity index is 1240. The van der Waals surface area contributed by atoms with E-state index < -0.39 is 0 Å². The molecule has 5 nitrogen and oxygen atoms in total. The number of aromatic nitrogens is 2. The summed E-state index contributed by atoms with van der Waals surface area (Å²) >= 11 is 5.92. The molecule has 176 valence electrons. The first-order valence-electron chi connectivity index (χ1n) is 11.6. The average molecular weight is 476 g/mol. The molecular weight excluding hydrogens is 446 g/mol. The van der Waals surface area contributed by atoms with E-state index in [0.29, 0.717) is 31.0 Å². The van der Waals surface area contributed by atoms with Crippen LogP contribution in [0.2, 0.25) is 5.02 Å². The molecule has 0 spiro atoms. The molecule has 0 saturated heterocycles. The maximum absolute atomic E-state index is 12.4. The van der Waals surface area contributed by atoms with Gasteiger partial charge in [-0.3, -0.25) is 4.79 Å². The fourth-order valence-electron chi connectivity index (χ4n) is 4.16. The van der Waals surface area contributed by atoms with Gasteiger partial charge in [-0.05, 0) is 73.4 Å². The van der Waals surface area contributed by atoms with E-state index in [2.05, 4.69) is 48.0 Å². The third-order valence-electron chi connectivity index (χ3n) is 5.67. The Balaban J connectivity index is 1.34. The van der Waals surface area contributed by atoms with Crippen molar-refractivity contribution >= 4 is 28.5 Å². The molecule has 0 fully saturated rings. The number of para-hydroxylation sites is 2. The number of carbonyl (C=O) groups excluding carboxylic acids is 1. The molecule has 0 saturated carbocycles. The van der Waals surface area contributed by atoms with Gasteiger partial charge in [0.25, 0.3) is 0 Å². The highest BCUT2D eigenvalue weighted by Gasteiger charge is 2.11. The summed E-state index contributed by atoms with van der Waals surface area (Å²) in [6, 6.07) is 21.8. The number of hydrogen-bond donors (Lipinski definition) is 1. The normalized spacial score (nSPS) is 11.0. The van der Waals surface area contributed by atoms with Crippen molar-refractivity contribution in [3.05, 3.63) is 94.3 Å². The summed E-state index contributed by atoms with van der Waals surface area (Å²) in [4.78, 5) is 17.2. The van der Waals surface area contributed by atoms with Gasteiger partial charge in [-0.25, -0.2) is 4.98 Å². The van der Waals surface area contributed by atoms with E-state index in [-0.39, 0.29) is 5.91 Å². The minimum absolute atomic E-state index is 0.00756. The second-order valence-corrected chi connectivity index (χ2v) is 9.03. The summed E-state index contributed by atoms with van der Waals surface area (Å²) < 4.78 is 8.24. The van der Waals surface area contributed by atoms with Gasteiger partial charge in [0.1, 0.15) is 11.6 Å². The molecule has 0 radical (unpaired) electrons. The molecule has 4 rings (SSSR count). The molecule has 1 amide bonds. The van der Waals surface area contributed by atoms with Crippen LogP contribution in [0.3, 0.4) is 0 Å². The highest BCUT2D eigenvalue weighted by molar-refractivity contribution is 6.30. The number of ether oxygens (including phenoxy) is 1. The SMILES string of the molecule is Cc1cc(C)cc(OCCCn2c(CCNC(=O)Cc3ccc(Cl)cc3)nc3ccccc32)c1. The largest absolute Gasteiger partial charge is 0.494 e. The van der Waals surface area contributed by atoms with Gasteiger partial charge in [0.05, 0.1) is 24.1 Å². The Labute approximate surface area is 205 Å². The van der Waals surface area contributed by atoms with Crippen LogP contribution >= 0.6 is 11.6 Å². The van der Waals surface area contributed by atoms with Gasteiger partial charge < -0.3 is 14.6 Å². The summed E-state index contributed by atoms with van der Waals surface area (Å²) in [5.74, 6) is 1.88. The quantitative estimate of drug-likeness (QED) is 0.300. The van der Waals surface area contributed by atoms with Crippen LogP contribution in [0.4, 0.5) is 0 Å². The van der Waals surface area contributed by atoms with Crippen molar-refractivity contribution in [3.8, 4) is 5.75 Å². The van der Waals surface area contributed by atoms with Crippen LogP contribution in [0, 0.1) is 13.8 Å². The number of aryl methyl sites for hydroxylation is 3. The first-order chi connectivity index (χ1) is 16.5. The maximum atomic E-state index is 12.4. The smallest absolute Gasteiger partial charge is 0.224 e. The number of nitrogens with zero attached hydrogens (tertiary/aromatic N) is 2. The lowest BCUT2D eigenvalue weighted by atomic mass is 10.1. The Morgan fingerprint density at radius 2 is 1.76 bits per heavy atom. The molecule has 0 atom stereocenters. The number of carbonyl (C=O) groups is 1. The molecule has 0 aliphatic carbocycles. The van der Waals surface area contributed by atoms with Crippen molar-refractivity contribution in [1.82, 2.24) is 14.9 Å². The molecule has 1 aromatic heterocycles. The average Bonchev–Trinajstić information content (AvgIpc) is 3.15. The summed E-state index contributed by atoms with van der Waals surface area (Å²) in [5, 5.41) is 3.68. The number of halogens is 1. The number of fused-ring (bicyclic) bond motifs is 1. The fourth-order valence-corrected chi connectivity index (χ4v) is 4.28. The fraction of sp³-hybridized carbons (Fsp3) is 0.286. The third kappa shape index (κ3) is 6.39. The predicted molar refractivity (Wildman–Crippen MR) is 138 cm³/mol. The number of hydrogen-bond acceptors (Lipinski definition) is 3. The van der Waals surface area contributed by atoms with Gasteiger partial charge in [0.2, 0.25) is 5.91 Å². The zero-order valence-corrected chi connectivity index (χ0v) is 20.4. The zero-order valence-electron chi connectivity index (χ0n) is 19.7. The van der Waals surface area contributed by atoms with E-state index >= 15 is 0 Å². The van der Waals surface area contributed by atoms with Gasteiger partial charge >= 0.3 is 0 Å². The van der Waals surface area contributed by atoms with Gasteiger partial charge in [0.15, 0.2) is 0 Å². The molecule has 1 heterocycles. The molecule has 4 aromatic rings. The van der Waals surface area contributed by atoms with Crippen LogP contribution < -0.4 is 10.1 Å². The third-order valence-corrected chi connectivity index (χ3v) is 5.92. The van der Waals surface area contributed by atoms with Crippen molar-refractivity contribution < 1.29 is 9.53 Å². The Hall–Kier alpha value is -3.31. The molecule has 6 heteroatoms. The topological polar surface area (TPSA) is 56.1 Å². The minimum atomic E-state index is -0.00756. The van der Waals surface area contributed by atoms with Crippen LogP contribution in [0.15, 0.2) is 66.7 Å². The van der Waals surface area contributed by atoms with Crippen LogP contribution in [-0.2, 0) is 24.2 Å². The standard InChI is InChI=1S/C28H30ClN3O2/c1-20-16-21(2)18-24(17-20)34-15-5-14-32-26-7-4-3-6-25(26)31-27(32)12-13-30-28(33)19-22-8-10-23(29)11-9-22/h3-4,6-11,16-18H,5,12-15,19H2,1-2H3,(H,30,33). The van der Waals surface area contributed by atoms with Crippen LogP contribution in [-0.4, -0.2) is 28.6 Å². The van der Waals surface area contributed by atoms with Crippen molar-refractivity contribution in [1.29, 1.82) is 0 Å². The Morgan fingerprint density at radius 3 is 2.53 bits per heavy atom. The maximum Gasteiger partial charge on any atom is 0.224 e. The van der Waals surface area contributed by atoms with Gasteiger partial charge in [0, 0.05) is 24.5 Å². The lowest BCUT2D eigenvalue weighted by Crippen LogP contribution is -2.28. The van der Waals surface area contributed by atoms with E-state index in [4.69, 9.17) is 21.3 Å². The molecule has 1 N–H and O–H groups in total. The number of imidazole rings is 1. The Morgan fingerprint density at radius 1 is 1.03 bits per heavy atom. The molecule has 0 aliphatic rings. The Kier molecular flexibility index (Phi) is 7.86. The summed E-state index contributed by atoms with van der Waals surface area (Å²) in [5.41, 5.74) is 5.43. The second kappa shape index (κ2) is 11.2. The predicted octanol–water partition coefficient (Wildman–Crippen LogP) is 5.68. The number of benzene rings is 3. The van der Waals surface area contributed by atoms with E-state index in [1.54, 1.807) is 12.1 Å². The minimum Gasteiger partial charge on any atom is -0.494 e. The highest BCUT2D eigenvalue weighted by Crippen LogP contribution is 2.19. The molecule has 0 aliphatic heterocycles. The highest BCUT2D eigenvalue weighted by atomic mass is 35.5. The van der Waals surface area contributed by atoms with Gasteiger partial charge in [-0.1, -0.05) is 41.9 Å². The van der Waals surface area contributed by atoms with Gasteiger partial charge in [-0.15, -0.1) is 0 Å². The summed E-state index contributed by atoms with van der Waals surface area (Å²) in [7, 11) is 0. The van der Waals surface area contributed by atoms with Crippen LogP contribution in [0.25, 0.3) is 11.0 Å². The lowest BCUT2D eigenvalue weighted by molar-refractivity contribution is -0.120. The van der Waals surface area contributed by atoms with Gasteiger partial charge in [-0.2, -0.15) is 0 Å². The molecular formula is C28H30ClN3O2. The lowest BCUT2D eigenvalue weighted by Gasteiger charge is -2.12. The summed E-state index contributed by atoms with van der Waals surface area (Å²) in [6.07, 6.45) is 1.87. The van der Waals surface area contributed by atoms with Crippen LogP contribution in [0.1, 0.15) is 28.9 Å². The van der Waals surface area contributed by atoms with Crippen LogP contribution in [0.5, 0.6) is 5.75 Å². The number of rotatable bonds is 10. The van der Waals surface area contributed by atoms with E-state index in [0.717, 1.165) is 41.1 Å². The van der Waals surface area contributed by atoms with Crippen molar-refractivity contribution in [3.63, 3.8) is 0 Å².